The number of ether oxygens (including phenoxy) is 1. The maximum Gasteiger partial charge on any atom is 0.137 e. The van der Waals surface area contributed by atoms with Crippen molar-refractivity contribution in [3.63, 3.8) is 0 Å². The van der Waals surface area contributed by atoms with E-state index in [1.54, 1.807) is 13.0 Å². The smallest absolute Gasteiger partial charge is 0.137 e. The van der Waals surface area contributed by atoms with Crippen molar-refractivity contribution in [3.8, 4) is 0 Å². The van der Waals surface area contributed by atoms with Gasteiger partial charge in [-0.3, -0.25) is 4.90 Å². The molecule has 1 saturated heterocycles. The Kier molecular flexibility index (Phi) is 3.05. The zero-order chi connectivity index (χ0) is 8.27. The van der Waals surface area contributed by atoms with Crippen LogP contribution in [0.4, 0.5) is 0 Å². The minimum Gasteiger partial charge on any atom is -0.389 e. The SMILES string of the molecule is C=CCOC(C(C)O)N1CC1. The fourth-order valence-corrected chi connectivity index (χ4v) is 1.03. The topological polar surface area (TPSA) is 32.5 Å². The summed E-state index contributed by atoms with van der Waals surface area (Å²) in [5.74, 6) is 0. The number of aliphatic hydroxyl groups is 1. The van der Waals surface area contributed by atoms with Crippen molar-refractivity contribution in [2.75, 3.05) is 19.7 Å². The summed E-state index contributed by atoms with van der Waals surface area (Å²) >= 11 is 0. The molecule has 3 nitrogen and oxygen atoms in total. The standard InChI is InChI=1S/C8H15NO2/c1-3-6-11-8(7(2)10)9-4-5-9/h3,7-8,10H,1,4-6H2,2H3. The predicted molar refractivity (Wildman–Crippen MR) is 43.2 cm³/mol. The third-order valence-corrected chi connectivity index (χ3v) is 1.64. The van der Waals surface area contributed by atoms with Crippen LogP contribution < -0.4 is 0 Å². The first-order valence-corrected chi connectivity index (χ1v) is 3.90. The van der Waals surface area contributed by atoms with Crippen LogP contribution >= 0.6 is 0 Å². The number of rotatable bonds is 5. The van der Waals surface area contributed by atoms with Gasteiger partial charge < -0.3 is 9.84 Å². The van der Waals surface area contributed by atoms with Crippen molar-refractivity contribution in [2.45, 2.75) is 19.3 Å². The molecule has 1 aliphatic rings. The molecular formula is C8H15NO2. The van der Waals surface area contributed by atoms with Crippen LogP contribution in [0.25, 0.3) is 0 Å². The van der Waals surface area contributed by atoms with Gasteiger partial charge in [0.15, 0.2) is 0 Å². The molecule has 0 radical (unpaired) electrons. The summed E-state index contributed by atoms with van der Waals surface area (Å²) in [4.78, 5) is 2.08. The molecule has 1 fully saturated rings. The van der Waals surface area contributed by atoms with Gasteiger partial charge in [-0.2, -0.15) is 0 Å². The molecule has 1 N–H and O–H groups in total. The lowest BCUT2D eigenvalue weighted by Crippen LogP contribution is -2.33. The van der Waals surface area contributed by atoms with Crippen molar-refractivity contribution >= 4 is 0 Å². The Morgan fingerprint density at radius 3 is 2.73 bits per heavy atom. The van der Waals surface area contributed by atoms with Gasteiger partial charge in [-0.25, -0.2) is 0 Å². The molecule has 0 aromatic rings. The summed E-state index contributed by atoms with van der Waals surface area (Å²) < 4.78 is 5.33. The first-order valence-electron chi connectivity index (χ1n) is 3.90. The molecule has 0 aliphatic carbocycles. The van der Waals surface area contributed by atoms with Gasteiger partial charge in [0.05, 0.1) is 12.7 Å². The highest BCUT2D eigenvalue weighted by Gasteiger charge is 2.31. The van der Waals surface area contributed by atoms with Crippen molar-refractivity contribution in [1.82, 2.24) is 4.90 Å². The summed E-state index contributed by atoms with van der Waals surface area (Å²) in [5, 5.41) is 9.25. The van der Waals surface area contributed by atoms with Crippen LogP contribution in [0.3, 0.4) is 0 Å². The van der Waals surface area contributed by atoms with Gasteiger partial charge in [0.1, 0.15) is 6.23 Å². The van der Waals surface area contributed by atoms with E-state index in [2.05, 4.69) is 11.5 Å². The van der Waals surface area contributed by atoms with E-state index in [1.165, 1.54) is 0 Å². The lowest BCUT2D eigenvalue weighted by molar-refractivity contribution is -0.0710. The lowest BCUT2D eigenvalue weighted by atomic mass is 10.3. The van der Waals surface area contributed by atoms with Crippen LogP contribution in [-0.2, 0) is 4.74 Å². The summed E-state index contributed by atoms with van der Waals surface area (Å²) in [5.41, 5.74) is 0. The van der Waals surface area contributed by atoms with Gasteiger partial charge in [-0.05, 0) is 6.92 Å². The molecular weight excluding hydrogens is 142 g/mol. The second-order valence-corrected chi connectivity index (χ2v) is 2.79. The molecule has 0 bridgehead atoms. The Morgan fingerprint density at radius 1 is 1.73 bits per heavy atom. The Labute approximate surface area is 67.3 Å². The third-order valence-electron chi connectivity index (χ3n) is 1.64. The van der Waals surface area contributed by atoms with E-state index >= 15 is 0 Å². The summed E-state index contributed by atoms with van der Waals surface area (Å²) in [6.07, 6.45) is 1.14. The highest BCUT2D eigenvalue weighted by Crippen LogP contribution is 2.14. The number of hydrogen-bond donors (Lipinski definition) is 1. The van der Waals surface area contributed by atoms with Crippen LogP contribution in [0.1, 0.15) is 6.92 Å². The fourth-order valence-electron chi connectivity index (χ4n) is 1.03. The van der Waals surface area contributed by atoms with Crippen LogP contribution in [0.2, 0.25) is 0 Å². The zero-order valence-electron chi connectivity index (χ0n) is 6.86. The van der Waals surface area contributed by atoms with E-state index in [0.29, 0.717) is 6.61 Å². The van der Waals surface area contributed by atoms with E-state index in [9.17, 15) is 5.11 Å². The van der Waals surface area contributed by atoms with Gasteiger partial charge in [-0.15, -0.1) is 6.58 Å². The molecule has 64 valence electrons. The minimum atomic E-state index is -0.419. The zero-order valence-corrected chi connectivity index (χ0v) is 6.86. The average Bonchev–Trinajstić information content (AvgIpc) is 2.71. The summed E-state index contributed by atoms with van der Waals surface area (Å²) in [6.45, 7) is 7.86. The van der Waals surface area contributed by atoms with E-state index in [4.69, 9.17) is 4.74 Å². The summed E-state index contributed by atoms with van der Waals surface area (Å²) in [6, 6.07) is 0. The number of nitrogens with zero attached hydrogens (tertiary/aromatic N) is 1. The van der Waals surface area contributed by atoms with E-state index < -0.39 is 6.10 Å². The van der Waals surface area contributed by atoms with E-state index in [0.717, 1.165) is 13.1 Å². The average molecular weight is 157 g/mol. The van der Waals surface area contributed by atoms with Crippen molar-refractivity contribution < 1.29 is 9.84 Å². The summed E-state index contributed by atoms with van der Waals surface area (Å²) in [7, 11) is 0. The molecule has 2 atom stereocenters. The van der Waals surface area contributed by atoms with Crippen molar-refractivity contribution in [3.05, 3.63) is 12.7 Å². The monoisotopic (exact) mass is 157 g/mol. The normalized spacial score (nSPS) is 22.7. The second kappa shape index (κ2) is 3.85. The van der Waals surface area contributed by atoms with Gasteiger partial charge in [0.2, 0.25) is 0 Å². The van der Waals surface area contributed by atoms with Crippen LogP contribution in [0, 0.1) is 0 Å². The molecule has 1 aliphatic heterocycles. The molecule has 0 amide bonds. The molecule has 3 heteroatoms. The fraction of sp³-hybridized carbons (Fsp3) is 0.750. The first kappa shape index (κ1) is 8.71. The van der Waals surface area contributed by atoms with E-state index in [1.807, 2.05) is 0 Å². The largest absolute Gasteiger partial charge is 0.389 e. The molecule has 1 heterocycles. The highest BCUT2D eigenvalue weighted by atomic mass is 16.5. The van der Waals surface area contributed by atoms with Crippen LogP contribution in [0.5, 0.6) is 0 Å². The molecule has 11 heavy (non-hydrogen) atoms. The maximum atomic E-state index is 9.25. The Balaban J connectivity index is 2.26. The van der Waals surface area contributed by atoms with Gasteiger partial charge in [-0.1, -0.05) is 6.08 Å². The van der Waals surface area contributed by atoms with E-state index in [-0.39, 0.29) is 6.23 Å². The van der Waals surface area contributed by atoms with Crippen molar-refractivity contribution in [2.24, 2.45) is 0 Å². The quantitative estimate of drug-likeness (QED) is 0.457. The van der Waals surface area contributed by atoms with Crippen LogP contribution in [-0.4, -0.2) is 42.0 Å². The molecule has 2 unspecified atom stereocenters. The van der Waals surface area contributed by atoms with Gasteiger partial charge >= 0.3 is 0 Å². The number of aliphatic hydroxyl groups excluding tert-OH is 1. The molecule has 1 rings (SSSR count). The minimum absolute atomic E-state index is 0.131. The Morgan fingerprint density at radius 2 is 2.36 bits per heavy atom. The number of hydrogen-bond acceptors (Lipinski definition) is 3. The first-order chi connectivity index (χ1) is 5.25. The molecule has 0 aromatic carbocycles. The maximum absolute atomic E-state index is 9.25. The van der Waals surface area contributed by atoms with Crippen LogP contribution in [0.15, 0.2) is 12.7 Å². The third kappa shape index (κ3) is 2.61. The Hall–Kier alpha value is -0.380. The van der Waals surface area contributed by atoms with Gasteiger partial charge in [0.25, 0.3) is 0 Å². The Bertz CT molecular complexity index is 130. The van der Waals surface area contributed by atoms with Gasteiger partial charge in [0, 0.05) is 13.1 Å². The van der Waals surface area contributed by atoms with Crippen molar-refractivity contribution in [1.29, 1.82) is 0 Å². The highest BCUT2D eigenvalue weighted by molar-refractivity contribution is 4.80. The second-order valence-electron chi connectivity index (χ2n) is 2.79. The molecule has 0 spiro atoms. The molecule has 0 aromatic heterocycles. The lowest BCUT2D eigenvalue weighted by Gasteiger charge is -2.20. The molecule has 0 saturated carbocycles. The predicted octanol–water partition coefficient (Wildman–Crippen LogP) is 0.212.